The van der Waals surface area contributed by atoms with Crippen LogP contribution in [0.2, 0.25) is 5.02 Å². The van der Waals surface area contributed by atoms with E-state index in [-0.39, 0.29) is 5.91 Å². The predicted octanol–water partition coefficient (Wildman–Crippen LogP) is 4.98. The molecule has 0 aliphatic rings. The highest BCUT2D eigenvalue weighted by atomic mass is 127. The molecule has 0 fully saturated rings. The van der Waals surface area contributed by atoms with Crippen molar-refractivity contribution < 1.29 is 4.79 Å². The first-order valence-corrected chi connectivity index (χ1v) is 8.18. The van der Waals surface area contributed by atoms with E-state index in [2.05, 4.69) is 38.5 Å². The molecule has 0 spiro atoms. The molecule has 0 atom stereocenters. The summed E-state index contributed by atoms with van der Waals surface area (Å²) in [6.45, 7) is 0.545. The summed E-state index contributed by atoms with van der Waals surface area (Å²) in [5, 5.41) is 0.603. The van der Waals surface area contributed by atoms with E-state index in [0.29, 0.717) is 17.1 Å². The number of carbonyl (C=O) groups is 1. The maximum Gasteiger partial charge on any atom is 0.253 e. The molecule has 104 valence electrons. The van der Waals surface area contributed by atoms with Gasteiger partial charge in [0.2, 0.25) is 0 Å². The van der Waals surface area contributed by atoms with Gasteiger partial charge in [-0.3, -0.25) is 4.79 Å². The van der Waals surface area contributed by atoms with Gasteiger partial charge in [-0.05, 0) is 52.4 Å². The van der Waals surface area contributed by atoms with E-state index in [1.807, 2.05) is 30.3 Å². The van der Waals surface area contributed by atoms with Crippen LogP contribution in [0.4, 0.5) is 0 Å². The second kappa shape index (κ2) is 6.91. The highest BCUT2D eigenvalue weighted by molar-refractivity contribution is 14.1. The van der Waals surface area contributed by atoms with Crippen LogP contribution in [0, 0.1) is 3.57 Å². The van der Waals surface area contributed by atoms with Gasteiger partial charge < -0.3 is 4.90 Å². The molecule has 0 unspecified atom stereocenters. The number of nitrogens with zero attached hydrogens (tertiary/aromatic N) is 1. The van der Waals surface area contributed by atoms with Crippen LogP contribution >= 0.6 is 50.1 Å². The van der Waals surface area contributed by atoms with Gasteiger partial charge in [0.05, 0.1) is 5.02 Å². The lowest BCUT2D eigenvalue weighted by atomic mass is 10.1. The van der Waals surface area contributed by atoms with Crippen LogP contribution in [-0.4, -0.2) is 17.9 Å². The highest BCUT2D eigenvalue weighted by Crippen LogP contribution is 2.22. The first-order valence-electron chi connectivity index (χ1n) is 5.93. The number of hydrogen-bond donors (Lipinski definition) is 0. The van der Waals surface area contributed by atoms with Crippen LogP contribution in [0.5, 0.6) is 0 Å². The zero-order valence-electron chi connectivity index (χ0n) is 10.7. The number of hydrogen-bond acceptors (Lipinski definition) is 1. The molecule has 2 aromatic rings. The molecule has 0 aliphatic carbocycles. The molecule has 20 heavy (non-hydrogen) atoms. The topological polar surface area (TPSA) is 20.3 Å². The minimum absolute atomic E-state index is 0.0425. The summed E-state index contributed by atoms with van der Waals surface area (Å²) in [5.74, 6) is -0.0425. The second-order valence-corrected chi connectivity index (χ2v) is 6.81. The van der Waals surface area contributed by atoms with Crippen molar-refractivity contribution in [1.82, 2.24) is 4.90 Å². The van der Waals surface area contributed by atoms with Crippen molar-refractivity contribution in [2.24, 2.45) is 0 Å². The van der Waals surface area contributed by atoms with E-state index in [4.69, 9.17) is 11.6 Å². The Bertz CT molecular complexity index is 648. The Balaban J connectivity index is 2.16. The minimum Gasteiger partial charge on any atom is -0.337 e. The van der Waals surface area contributed by atoms with Gasteiger partial charge in [-0.2, -0.15) is 0 Å². The van der Waals surface area contributed by atoms with Crippen molar-refractivity contribution in [1.29, 1.82) is 0 Å². The van der Waals surface area contributed by atoms with Gasteiger partial charge in [0.25, 0.3) is 5.91 Å². The average Bonchev–Trinajstić information content (AvgIpc) is 2.43. The molecular weight excluding hydrogens is 452 g/mol. The molecule has 0 heterocycles. The first kappa shape index (κ1) is 15.8. The van der Waals surface area contributed by atoms with E-state index < -0.39 is 0 Å². The summed E-state index contributed by atoms with van der Waals surface area (Å²) in [4.78, 5) is 14.1. The normalized spacial score (nSPS) is 10.4. The van der Waals surface area contributed by atoms with Crippen molar-refractivity contribution in [2.45, 2.75) is 6.54 Å². The number of carbonyl (C=O) groups excluding carboxylic acids is 1. The molecule has 0 aromatic heterocycles. The Kier molecular flexibility index (Phi) is 5.46. The standard InChI is InChI=1S/C15H12BrClINO/c1-19(9-11-4-2-3-5-12(11)16)15(20)10-6-7-14(18)13(17)8-10/h2-8H,9H2,1H3. The lowest BCUT2D eigenvalue weighted by molar-refractivity contribution is 0.0785. The van der Waals surface area contributed by atoms with Gasteiger partial charge in [0.15, 0.2) is 0 Å². The molecule has 0 saturated carbocycles. The Morgan fingerprint density at radius 3 is 2.65 bits per heavy atom. The first-order chi connectivity index (χ1) is 9.49. The van der Waals surface area contributed by atoms with Gasteiger partial charge in [0, 0.05) is 27.2 Å². The summed E-state index contributed by atoms with van der Waals surface area (Å²) in [7, 11) is 1.79. The quantitative estimate of drug-likeness (QED) is 0.587. The van der Waals surface area contributed by atoms with Gasteiger partial charge in [-0.15, -0.1) is 0 Å². The van der Waals surface area contributed by atoms with E-state index in [0.717, 1.165) is 13.6 Å². The zero-order chi connectivity index (χ0) is 14.7. The van der Waals surface area contributed by atoms with Gasteiger partial charge in [-0.25, -0.2) is 0 Å². The highest BCUT2D eigenvalue weighted by Gasteiger charge is 2.14. The Morgan fingerprint density at radius 1 is 1.30 bits per heavy atom. The zero-order valence-corrected chi connectivity index (χ0v) is 15.2. The number of rotatable bonds is 3. The van der Waals surface area contributed by atoms with Crippen LogP contribution in [-0.2, 0) is 6.54 Å². The van der Waals surface area contributed by atoms with Crippen molar-refractivity contribution >= 4 is 56.0 Å². The van der Waals surface area contributed by atoms with Crippen LogP contribution in [0.25, 0.3) is 0 Å². The Labute approximate surface area is 145 Å². The molecule has 0 radical (unpaired) electrons. The monoisotopic (exact) mass is 463 g/mol. The number of benzene rings is 2. The summed E-state index contributed by atoms with van der Waals surface area (Å²) in [5.41, 5.74) is 1.67. The van der Waals surface area contributed by atoms with Crippen molar-refractivity contribution in [3.63, 3.8) is 0 Å². The van der Waals surface area contributed by atoms with Gasteiger partial charge in [0.1, 0.15) is 0 Å². The largest absolute Gasteiger partial charge is 0.337 e. The van der Waals surface area contributed by atoms with Crippen molar-refractivity contribution in [3.8, 4) is 0 Å². The summed E-state index contributed by atoms with van der Waals surface area (Å²) < 4.78 is 1.94. The van der Waals surface area contributed by atoms with Gasteiger partial charge >= 0.3 is 0 Å². The molecule has 0 N–H and O–H groups in total. The molecule has 0 bridgehead atoms. The fourth-order valence-electron chi connectivity index (χ4n) is 1.80. The lowest BCUT2D eigenvalue weighted by Gasteiger charge is -2.18. The van der Waals surface area contributed by atoms with Crippen LogP contribution in [0.3, 0.4) is 0 Å². The maximum atomic E-state index is 12.4. The Morgan fingerprint density at radius 2 is 2.00 bits per heavy atom. The molecule has 2 aromatic carbocycles. The summed E-state index contributed by atoms with van der Waals surface area (Å²) in [6.07, 6.45) is 0. The molecule has 2 nitrogen and oxygen atoms in total. The fourth-order valence-corrected chi connectivity index (χ4v) is 2.73. The van der Waals surface area contributed by atoms with Crippen LogP contribution in [0.1, 0.15) is 15.9 Å². The minimum atomic E-state index is -0.0425. The smallest absolute Gasteiger partial charge is 0.253 e. The number of amides is 1. The SMILES string of the molecule is CN(Cc1ccccc1Br)C(=O)c1ccc(I)c(Cl)c1. The maximum absolute atomic E-state index is 12.4. The van der Waals surface area contributed by atoms with Crippen LogP contribution < -0.4 is 0 Å². The third-order valence-electron chi connectivity index (χ3n) is 2.88. The Hall–Kier alpha value is -0.590. The summed E-state index contributed by atoms with van der Waals surface area (Å²) >= 11 is 11.7. The van der Waals surface area contributed by atoms with Gasteiger partial charge in [-0.1, -0.05) is 45.7 Å². The second-order valence-electron chi connectivity index (χ2n) is 4.38. The summed E-state index contributed by atoms with van der Waals surface area (Å²) in [6, 6.07) is 13.2. The molecule has 1 amide bonds. The number of halogens is 3. The van der Waals surface area contributed by atoms with E-state index in [9.17, 15) is 4.79 Å². The van der Waals surface area contributed by atoms with E-state index in [1.54, 1.807) is 24.1 Å². The van der Waals surface area contributed by atoms with E-state index in [1.165, 1.54) is 0 Å². The van der Waals surface area contributed by atoms with Crippen molar-refractivity contribution in [3.05, 3.63) is 66.7 Å². The molecule has 5 heteroatoms. The van der Waals surface area contributed by atoms with Crippen molar-refractivity contribution in [2.75, 3.05) is 7.05 Å². The third-order valence-corrected chi connectivity index (χ3v) is 5.22. The fraction of sp³-hybridized carbons (Fsp3) is 0.133. The third kappa shape index (κ3) is 3.74. The lowest BCUT2D eigenvalue weighted by Crippen LogP contribution is -2.26. The van der Waals surface area contributed by atoms with E-state index >= 15 is 0 Å². The average molecular weight is 465 g/mol. The predicted molar refractivity (Wildman–Crippen MR) is 94.1 cm³/mol. The van der Waals surface area contributed by atoms with Crippen LogP contribution in [0.15, 0.2) is 46.9 Å². The molecule has 2 rings (SSSR count). The molecule has 0 saturated heterocycles. The molecule has 0 aliphatic heterocycles. The molecular formula is C15H12BrClINO.